The summed E-state index contributed by atoms with van der Waals surface area (Å²) >= 11 is 7.98. The summed E-state index contributed by atoms with van der Waals surface area (Å²) in [6, 6.07) is 21.6. The molecule has 0 bridgehead atoms. The Morgan fingerprint density at radius 1 is 1.00 bits per heavy atom. The van der Waals surface area contributed by atoms with E-state index in [0.29, 0.717) is 42.3 Å². The number of para-hydroxylation sites is 1. The zero-order valence-corrected chi connectivity index (χ0v) is 18.2. The fourth-order valence-electron chi connectivity index (χ4n) is 3.01. The maximum absolute atomic E-state index is 9.79. The predicted molar refractivity (Wildman–Crippen MR) is 123 cm³/mol. The van der Waals surface area contributed by atoms with Crippen LogP contribution in [0.4, 0.5) is 5.69 Å². The van der Waals surface area contributed by atoms with Gasteiger partial charge >= 0.3 is 0 Å². The number of benzene rings is 3. The molecule has 0 spiro atoms. The van der Waals surface area contributed by atoms with E-state index in [1.807, 2.05) is 66.7 Å². The van der Waals surface area contributed by atoms with Crippen LogP contribution in [0.2, 0.25) is 5.02 Å². The molecule has 158 valence electrons. The first-order valence-electron chi connectivity index (χ1n) is 9.87. The average molecular weight is 444 g/mol. The molecule has 0 fully saturated rings. The lowest BCUT2D eigenvalue weighted by molar-refractivity contribution is 0.125. The molecule has 0 aliphatic rings. The summed E-state index contributed by atoms with van der Waals surface area (Å²) in [7, 11) is 0. The van der Waals surface area contributed by atoms with Gasteiger partial charge in [0.25, 0.3) is 0 Å². The maximum atomic E-state index is 9.79. The van der Waals surface area contributed by atoms with Gasteiger partial charge in [0.1, 0.15) is 12.4 Å². The molecule has 0 aromatic heterocycles. The minimum atomic E-state index is -0.515. The van der Waals surface area contributed by atoms with Crippen molar-refractivity contribution in [2.45, 2.75) is 41.8 Å². The number of halogens is 1. The van der Waals surface area contributed by atoms with Crippen LogP contribution >= 0.6 is 23.4 Å². The first kappa shape index (κ1) is 22.5. The lowest BCUT2D eigenvalue weighted by atomic mass is 10.1. The minimum absolute atomic E-state index is 0.0139. The normalized spacial score (nSPS) is 12.0. The Kier molecular flexibility index (Phi) is 8.46. The third-order valence-corrected chi connectivity index (χ3v) is 6.14. The lowest BCUT2D eigenvalue weighted by Crippen LogP contribution is -2.10. The molecule has 0 aliphatic heterocycles. The molecule has 30 heavy (non-hydrogen) atoms. The minimum Gasteiger partial charge on any atom is -0.487 e. The third-order valence-electron chi connectivity index (χ3n) is 4.72. The molecule has 0 saturated heterocycles. The first-order chi connectivity index (χ1) is 14.6. The van der Waals surface area contributed by atoms with Crippen molar-refractivity contribution >= 4 is 29.1 Å². The van der Waals surface area contributed by atoms with Gasteiger partial charge in [0.05, 0.1) is 11.8 Å². The van der Waals surface area contributed by atoms with Crippen LogP contribution in [0.15, 0.2) is 76.5 Å². The molecule has 3 aromatic carbocycles. The Morgan fingerprint density at radius 3 is 2.53 bits per heavy atom. The molecule has 6 heteroatoms. The second-order valence-electron chi connectivity index (χ2n) is 7.00. The molecule has 0 aliphatic carbocycles. The molecule has 3 aromatic rings. The van der Waals surface area contributed by atoms with Crippen LogP contribution in [0.5, 0.6) is 5.75 Å². The highest BCUT2D eigenvalue weighted by Gasteiger charge is 2.11. The van der Waals surface area contributed by atoms with Crippen LogP contribution in [0.1, 0.15) is 24.0 Å². The number of rotatable bonds is 10. The van der Waals surface area contributed by atoms with Crippen LogP contribution in [-0.2, 0) is 13.0 Å². The summed E-state index contributed by atoms with van der Waals surface area (Å²) < 4.78 is 5.91. The van der Waals surface area contributed by atoms with Gasteiger partial charge in [-0.1, -0.05) is 65.8 Å². The Bertz CT molecular complexity index is 952. The van der Waals surface area contributed by atoms with Crippen LogP contribution in [0.3, 0.4) is 0 Å². The van der Waals surface area contributed by atoms with Crippen LogP contribution in [0.25, 0.3) is 0 Å². The number of aliphatic hydroxyl groups excluding tert-OH is 2. The largest absolute Gasteiger partial charge is 0.487 e. The number of aryl methyl sites for hydroxylation is 1. The number of ether oxygens (including phenoxy) is 1. The average Bonchev–Trinajstić information content (AvgIpc) is 2.75. The molecule has 3 rings (SSSR count). The summed E-state index contributed by atoms with van der Waals surface area (Å²) in [4.78, 5) is 1.88. The number of hydrogen-bond donors (Lipinski definition) is 3. The quantitative estimate of drug-likeness (QED) is 0.369. The topological polar surface area (TPSA) is 75.7 Å². The summed E-state index contributed by atoms with van der Waals surface area (Å²) in [6.07, 6.45) is 1.10. The Morgan fingerprint density at radius 2 is 1.80 bits per heavy atom. The zero-order valence-electron chi connectivity index (χ0n) is 16.6. The molecule has 0 heterocycles. The van der Waals surface area contributed by atoms with E-state index in [0.717, 1.165) is 20.9 Å². The highest BCUT2D eigenvalue weighted by molar-refractivity contribution is 7.99. The van der Waals surface area contributed by atoms with E-state index < -0.39 is 6.10 Å². The monoisotopic (exact) mass is 443 g/mol. The number of nitrogens with two attached hydrogens (primary N) is 1. The van der Waals surface area contributed by atoms with Crippen LogP contribution in [0, 0.1) is 0 Å². The molecule has 0 radical (unpaired) electrons. The molecule has 0 saturated carbocycles. The van der Waals surface area contributed by atoms with Gasteiger partial charge in [-0.05, 0) is 54.7 Å². The van der Waals surface area contributed by atoms with Crippen molar-refractivity contribution in [2.75, 3.05) is 12.3 Å². The van der Waals surface area contributed by atoms with Gasteiger partial charge in [0.15, 0.2) is 0 Å². The van der Waals surface area contributed by atoms with Gasteiger partial charge < -0.3 is 20.7 Å². The van der Waals surface area contributed by atoms with Gasteiger partial charge in [-0.3, -0.25) is 0 Å². The van der Waals surface area contributed by atoms with Crippen molar-refractivity contribution in [1.29, 1.82) is 0 Å². The maximum Gasteiger partial charge on any atom is 0.143 e. The van der Waals surface area contributed by atoms with Gasteiger partial charge in [0, 0.05) is 21.4 Å². The van der Waals surface area contributed by atoms with E-state index >= 15 is 0 Å². The molecular weight excluding hydrogens is 418 g/mol. The van der Waals surface area contributed by atoms with E-state index in [-0.39, 0.29) is 6.61 Å². The van der Waals surface area contributed by atoms with Crippen LogP contribution < -0.4 is 10.5 Å². The summed E-state index contributed by atoms with van der Waals surface area (Å²) in [6.45, 7) is 0.446. The molecule has 0 amide bonds. The SMILES string of the molecule is Nc1c(OCc2ccccc2)cccc1Sc1ccc(CCC(O)CCO)c(Cl)c1. The van der Waals surface area contributed by atoms with Gasteiger partial charge in [-0.2, -0.15) is 0 Å². The Balaban J connectivity index is 1.65. The Labute approximate surface area is 186 Å². The molecule has 1 unspecified atom stereocenters. The standard InChI is InChI=1S/C24H26ClNO3S/c25-21-15-20(12-10-18(21)9-11-19(28)13-14-27)30-23-8-4-7-22(24(23)26)29-16-17-5-2-1-3-6-17/h1-8,10,12,15,19,27-28H,9,11,13-14,16,26H2. The molecule has 1 atom stereocenters. The summed E-state index contributed by atoms with van der Waals surface area (Å²) in [5, 5.41) is 19.3. The van der Waals surface area contributed by atoms with E-state index in [1.54, 1.807) is 0 Å². The van der Waals surface area contributed by atoms with E-state index in [2.05, 4.69) is 0 Å². The fourth-order valence-corrected chi connectivity index (χ4v) is 4.27. The predicted octanol–water partition coefficient (Wildman–Crippen LogP) is 5.33. The zero-order chi connectivity index (χ0) is 21.3. The first-order valence-corrected chi connectivity index (χ1v) is 11.1. The van der Waals surface area contributed by atoms with Crippen molar-refractivity contribution in [2.24, 2.45) is 0 Å². The smallest absolute Gasteiger partial charge is 0.143 e. The van der Waals surface area contributed by atoms with Crippen molar-refractivity contribution in [3.8, 4) is 5.75 Å². The summed E-state index contributed by atoms with van der Waals surface area (Å²) in [5.41, 5.74) is 9.01. The van der Waals surface area contributed by atoms with Gasteiger partial charge in [0.2, 0.25) is 0 Å². The fraction of sp³-hybridized carbons (Fsp3) is 0.250. The van der Waals surface area contributed by atoms with Crippen molar-refractivity contribution in [1.82, 2.24) is 0 Å². The van der Waals surface area contributed by atoms with E-state index in [1.165, 1.54) is 11.8 Å². The van der Waals surface area contributed by atoms with Crippen molar-refractivity contribution in [3.63, 3.8) is 0 Å². The Hall–Kier alpha value is -2.18. The van der Waals surface area contributed by atoms with Crippen molar-refractivity contribution < 1.29 is 14.9 Å². The van der Waals surface area contributed by atoms with E-state index in [9.17, 15) is 5.11 Å². The van der Waals surface area contributed by atoms with Crippen LogP contribution in [-0.4, -0.2) is 22.9 Å². The third kappa shape index (κ3) is 6.41. The molecular formula is C24H26ClNO3S. The molecule has 4 N–H and O–H groups in total. The second kappa shape index (κ2) is 11.3. The number of aliphatic hydroxyl groups is 2. The highest BCUT2D eigenvalue weighted by Crippen LogP contribution is 2.38. The number of hydrogen-bond acceptors (Lipinski definition) is 5. The number of anilines is 1. The molecule has 4 nitrogen and oxygen atoms in total. The van der Waals surface area contributed by atoms with Gasteiger partial charge in [-0.25, -0.2) is 0 Å². The summed E-state index contributed by atoms with van der Waals surface area (Å²) in [5.74, 6) is 0.657. The lowest BCUT2D eigenvalue weighted by Gasteiger charge is -2.13. The van der Waals surface area contributed by atoms with Gasteiger partial charge in [-0.15, -0.1) is 0 Å². The highest BCUT2D eigenvalue weighted by atomic mass is 35.5. The van der Waals surface area contributed by atoms with E-state index in [4.69, 9.17) is 27.2 Å². The van der Waals surface area contributed by atoms with Crippen molar-refractivity contribution in [3.05, 3.63) is 82.9 Å². The number of nitrogen functional groups attached to an aromatic ring is 1. The second-order valence-corrected chi connectivity index (χ2v) is 8.52.